The van der Waals surface area contributed by atoms with Crippen LogP contribution in [0.25, 0.3) is 0 Å². The summed E-state index contributed by atoms with van der Waals surface area (Å²) >= 11 is 0. The maximum atomic E-state index is 5.48. The fraction of sp³-hybridized carbons (Fsp3) is 0.786. The number of hydrogen-bond acceptors (Lipinski definition) is 7. The number of anilines is 3. The third-order valence-electron chi connectivity index (χ3n) is 4.42. The first kappa shape index (κ1) is 14.3. The van der Waals surface area contributed by atoms with Gasteiger partial charge >= 0.3 is 0 Å². The van der Waals surface area contributed by atoms with Gasteiger partial charge in [-0.25, -0.2) is 5.84 Å². The zero-order valence-corrected chi connectivity index (χ0v) is 12.5. The molecule has 0 aromatic carbocycles. The second kappa shape index (κ2) is 6.89. The predicted molar refractivity (Wildman–Crippen MR) is 84.1 cm³/mol. The van der Waals surface area contributed by atoms with E-state index in [1.165, 1.54) is 44.9 Å². The van der Waals surface area contributed by atoms with E-state index >= 15 is 0 Å². The van der Waals surface area contributed by atoms with Crippen molar-refractivity contribution in [1.29, 1.82) is 0 Å². The van der Waals surface area contributed by atoms with Gasteiger partial charge in [-0.15, -0.1) is 0 Å². The quantitative estimate of drug-likeness (QED) is 0.562. The Morgan fingerprint density at radius 3 is 2.38 bits per heavy atom. The molecule has 2 fully saturated rings. The molecule has 1 aromatic rings. The lowest BCUT2D eigenvalue weighted by atomic mass is 9.89. The highest BCUT2D eigenvalue weighted by molar-refractivity contribution is 5.43. The average molecular weight is 291 g/mol. The van der Waals surface area contributed by atoms with Crippen molar-refractivity contribution in [3.05, 3.63) is 0 Å². The van der Waals surface area contributed by atoms with Crippen molar-refractivity contribution < 1.29 is 0 Å². The molecule has 2 aliphatic rings. The standard InChI is InChI=1S/C14H25N7/c15-20-13-17-12(16-10-11-6-2-1-3-7-11)18-14(19-13)21-8-4-5-9-21/h11H,1-10,15H2,(H2,16,17,18,19,20). The van der Waals surface area contributed by atoms with E-state index < -0.39 is 0 Å². The van der Waals surface area contributed by atoms with Crippen LogP contribution in [0.1, 0.15) is 44.9 Å². The number of hydrogen-bond donors (Lipinski definition) is 3. The SMILES string of the molecule is NNc1nc(NCC2CCCCC2)nc(N2CCCC2)n1. The molecule has 21 heavy (non-hydrogen) atoms. The summed E-state index contributed by atoms with van der Waals surface area (Å²) in [4.78, 5) is 15.4. The third kappa shape index (κ3) is 3.72. The first-order valence-corrected chi connectivity index (χ1v) is 8.06. The van der Waals surface area contributed by atoms with Crippen LogP contribution >= 0.6 is 0 Å². The number of nitrogens with zero attached hydrogens (tertiary/aromatic N) is 4. The normalized spacial score (nSPS) is 19.8. The van der Waals surface area contributed by atoms with E-state index in [4.69, 9.17) is 5.84 Å². The lowest BCUT2D eigenvalue weighted by Gasteiger charge is -2.22. The van der Waals surface area contributed by atoms with Crippen molar-refractivity contribution in [2.75, 3.05) is 35.3 Å². The van der Waals surface area contributed by atoms with Crippen LogP contribution in [0.4, 0.5) is 17.8 Å². The Morgan fingerprint density at radius 1 is 0.952 bits per heavy atom. The molecule has 116 valence electrons. The van der Waals surface area contributed by atoms with Crippen LogP contribution in [0.15, 0.2) is 0 Å². The highest BCUT2D eigenvalue weighted by Crippen LogP contribution is 2.24. The lowest BCUT2D eigenvalue weighted by Crippen LogP contribution is -2.24. The molecular weight excluding hydrogens is 266 g/mol. The molecule has 1 aromatic heterocycles. The van der Waals surface area contributed by atoms with E-state index in [1.807, 2.05) is 0 Å². The minimum Gasteiger partial charge on any atom is -0.354 e. The van der Waals surface area contributed by atoms with Gasteiger partial charge < -0.3 is 10.2 Å². The lowest BCUT2D eigenvalue weighted by molar-refractivity contribution is 0.373. The van der Waals surface area contributed by atoms with Crippen molar-refractivity contribution >= 4 is 17.8 Å². The number of rotatable bonds is 5. The topological polar surface area (TPSA) is 92.0 Å². The summed E-state index contributed by atoms with van der Waals surface area (Å²) in [6.45, 7) is 2.96. The smallest absolute Gasteiger partial charge is 0.243 e. The summed E-state index contributed by atoms with van der Waals surface area (Å²) in [6.07, 6.45) is 9.07. The summed E-state index contributed by atoms with van der Waals surface area (Å²) in [5.74, 6) is 7.99. The molecule has 0 radical (unpaired) electrons. The fourth-order valence-corrected chi connectivity index (χ4v) is 3.19. The summed E-state index contributed by atoms with van der Waals surface area (Å²) in [7, 11) is 0. The molecule has 0 bridgehead atoms. The van der Waals surface area contributed by atoms with Crippen molar-refractivity contribution in [2.45, 2.75) is 44.9 Å². The Balaban J connectivity index is 1.66. The Hall–Kier alpha value is -1.63. The van der Waals surface area contributed by atoms with E-state index in [0.717, 1.165) is 31.5 Å². The van der Waals surface area contributed by atoms with Crippen LogP contribution in [0.5, 0.6) is 0 Å². The molecule has 0 atom stereocenters. The van der Waals surface area contributed by atoms with Gasteiger partial charge in [0.15, 0.2) is 0 Å². The number of aromatic nitrogens is 3. The molecule has 0 spiro atoms. The molecule has 7 heteroatoms. The summed E-state index contributed by atoms with van der Waals surface area (Å²) in [5.41, 5.74) is 2.54. The minimum atomic E-state index is 0.429. The van der Waals surface area contributed by atoms with Gasteiger partial charge in [-0.05, 0) is 31.6 Å². The number of nitrogen functional groups attached to an aromatic ring is 1. The van der Waals surface area contributed by atoms with Crippen molar-refractivity contribution in [2.24, 2.45) is 11.8 Å². The highest BCUT2D eigenvalue weighted by atomic mass is 15.4. The van der Waals surface area contributed by atoms with Crippen LogP contribution in [-0.2, 0) is 0 Å². The van der Waals surface area contributed by atoms with Gasteiger partial charge in [0, 0.05) is 19.6 Å². The molecular formula is C14H25N7. The molecule has 7 nitrogen and oxygen atoms in total. The van der Waals surface area contributed by atoms with Crippen molar-refractivity contribution in [3.8, 4) is 0 Å². The summed E-state index contributed by atoms with van der Waals surface area (Å²) in [6, 6.07) is 0. The fourth-order valence-electron chi connectivity index (χ4n) is 3.19. The highest BCUT2D eigenvalue weighted by Gasteiger charge is 2.18. The number of nitrogens with one attached hydrogen (secondary N) is 2. The van der Waals surface area contributed by atoms with Crippen LogP contribution in [-0.4, -0.2) is 34.6 Å². The van der Waals surface area contributed by atoms with Crippen LogP contribution < -0.4 is 21.5 Å². The maximum Gasteiger partial charge on any atom is 0.243 e. The van der Waals surface area contributed by atoms with Gasteiger partial charge in [-0.1, -0.05) is 19.3 Å². The summed E-state index contributed by atoms with van der Waals surface area (Å²) < 4.78 is 0. The molecule has 3 rings (SSSR count). The Kier molecular flexibility index (Phi) is 4.69. The third-order valence-corrected chi connectivity index (χ3v) is 4.42. The monoisotopic (exact) mass is 291 g/mol. The second-order valence-corrected chi connectivity index (χ2v) is 6.01. The van der Waals surface area contributed by atoms with E-state index in [2.05, 4.69) is 30.6 Å². The molecule has 1 saturated carbocycles. The summed E-state index contributed by atoms with van der Waals surface area (Å²) in [5, 5.41) is 3.37. The Morgan fingerprint density at radius 2 is 1.67 bits per heavy atom. The zero-order valence-electron chi connectivity index (χ0n) is 12.5. The number of nitrogens with two attached hydrogens (primary N) is 1. The molecule has 4 N–H and O–H groups in total. The van der Waals surface area contributed by atoms with Crippen LogP contribution in [0.3, 0.4) is 0 Å². The first-order valence-electron chi connectivity index (χ1n) is 8.06. The van der Waals surface area contributed by atoms with Gasteiger partial charge in [0.1, 0.15) is 0 Å². The van der Waals surface area contributed by atoms with E-state index in [0.29, 0.717) is 11.9 Å². The molecule has 0 amide bonds. The first-order chi connectivity index (χ1) is 10.3. The molecule has 1 aliphatic heterocycles. The molecule has 1 saturated heterocycles. The van der Waals surface area contributed by atoms with Crippen LogP contribution in [0, 0.1) is 5.92 Å². The van der Waals surface area contributed by atoms with Gasteiger partial charge in [0.05, 0.1) is 0 Å². The van der Waals surface area contributed by atoms with Crippen molar-refractivity contribution in [1.82, 2.24) is 15.0 Å². The van der Waals surface area contributed by atoms with E-state index in [1.54, 1.807) is 0 Å². The van der Waals surface area contributed by atoms with Crippen LogP contribution in [0.2, 0.25) is 0 Å². The predicted octanol–water partition coefficient (Wildman–Crippen LogP) is 1.75. The Bertz CT molecular complexity index is 453. The molecule has 2 heterocycles. The largest absolute Gasteiger partial charge is 0.354 e. The van der Waals surface area contributed by atoms with Gasteiger partial charge in [-0.2, -0.15) is 15.0 Å². The van der Waals surface area contributed by atoms with Crippen molar-refractivity contribution in [3.63, 3.8) is 0 Å². The average Bonchev–Trinajstić information content (AvgIpc) is 3.08. The van der Waals surface area contributed by atoms with Gasteiger partial charge in [-0.3, -0.25) is 5.43 Å². The Labute approximate surface area is 125 Å². The molecule has 0 unspecified atom stereocenters. The van der Waals surface area contributed by atoms with Gasteiger partial charge in [0.25, 0.3) is 0 Å². The maximum absolute atomic E-state index is 5.48. The minimum absolute atomic E-state index is 0.429. The van der Waals surface area contributed by atoms with E-state index in [-0.39, 0.29) is 0 Å². The number of hydrazine groups is 1. The van der Waals surface area contributed by atoms with E-state index in [9.17, 15) is 0 Å². The molecule has 1 aliphatic carbocycles. The van der Waals surface area contributed by atoms with Gasteiger partial charge in [0.2, 0.25) is 17.8 Å². The zero-order chi connectivity index (χ0) is 14.5. The second-order valence-electron chi connectivity index (χ2n) is 6.01.